The van der Waals surface area contributed by atoms with E-state index in [0.717, 1.165) is 16.8 Å². The third-order valence-corrected chi connectivity index (χ3v) is 8.78. The Morgan fingerprint density at radius 2 is 1.24 bits per heavy atom. The molecule has 2 aromatic rings. The maximum atomic E-state index is 11.9. The second kappa shape index (κ2) is 6.16. The van der Waals surface area contributed by atoms with E-state index in [1.807, 2.05) is 36.4 Å². The van der Waals surface area contributed by atoms with E-state index >= 15 is 0 Å². The molecular formula is C19H26OSi. The third-order valence-electron chi connectivity index (χ3n) is 4.28. The predicted molar refractivity (Wildman–Crippen MR) is 93.6 cm³/mol. The van der Waals surface area contributed by atoms with Crippen LogP contribution in [0.25, 0.3) is 0 Å². The highest BCUT2D eigenvalue weighted by atomic mass is 28.4. The maximum Gasteiger partial charge on any atom is 0.258 e. The highest BCUT2D eigenvalue weighted by Crippen LogP contribution is 2.41. The van der Waals surface area contributed by atoms with Gasteiger partial charge in [-0.15, -0.1) is 0 Å². The van der Waals surface area contributed by atoms with Gasteiger partial charge in [-0.05, 0) is 27.8 Å². The van der Waals surface area contributed by atoms with Crippen LogP contribution in [0.4, 0.5) is 0 Å². The molecule has 0 aromatic heterocycles. The van der Waals surface area contributed by atoms with E-state index in [4.69, 9.17) is 0 Å². The fourth-order valence-electron chi connectivity index (χ4n) is 3.48. The topological polar surface area (TPSA) is 20.2 Å². The summed E-state index contributed by atoms with van der Waals surface area (Å²) < 4.78 is 0. The van der Waals surface area contributed by atoms with Crippen LogP contribution < -0.4 is 10.4 Å². The van der Waals surface area contributed by atoms with Gasteiger partial charge in [-0.2, -0.15) is 0 Å². The van der Waals surface area contributed by atoms with E-state index in [2.05, 4.69) is 52.0 Å². The van der Waals surface area contributed by atoms with Crippen molar-refractivity contribution in [2.45, 2.75) is 39.2 Å². The van der Waals surface area contributed by atoms with Crippen LogP contribution in [0.15, 0.2) is 60.7 Å². The molecule has 112 valence electrons. The molecule has 2 aromatic carbocycles. The Morgan fingerprint density at radius 3 is 1.57 bits per heavy atom. The summed E-state index contributed by atoms with van der Waals surface area (Å²) >= 11 is 0. The largest absolute Gasteiger partial charge is 0.424 e. The summed E-state index contributed by atoms with van der Waals surface area (Å²) in [5.74, 6) is 0.562. The van der Waals surface area contributed by atoms with Crippen LogP contribution in [0.5, 0.6) is 0 Å². The zero-order chi connectivity index (χ0) is 15.5. The molecule has 0 spiro atoms. The zero-order valence-corrected chi connectivity index (χ0v) is 14.5. The first-order valence-electron chi connectivity index (χ1n) is 7.71. The molecule has 2 rings (SSSR count). The van der Waals surface area contributed by atoms with Gasteiger partial charge in [0.1, 0.15) is 0 Å². The second-order valence-corrected chi connectivity index (χ2v) is 10.9. The maximum absolute atomic E-state index is 11.9. The second-order valence-electron chi connectivity index (χ2n) is 6.92. The molecule has 0 radical (unpaired) electrons. The van der Waals surface area contributed by atoms with Gasteiger partial charge in [-0.3, -0.25) is 0 Å². The van der Waals surface area contributed by atoms with Crippen molar-refractivity contribution >= 4 is 18.7 Å². The average Bonchev–Trinajstić information content (AvgIpc) is 2.46. The van der Waals surface area contributed by atoms with Crippen LogP contribution in [-0.2, 0) is 0 Å². The number of hydrogen-bond donors (Lipinski definition) is 1. The highest BCUT2D eigenvalue weighted by molar-refractivity contribution is 6.98. The lowest BCUT2D eigenvalue weighted by atomic mass is 10.00. The number of hydrogen-bond acceptors (Lipinski definition) is 1. The van der Waals surface area contributed by atoms with Crippen molar-refractivity contribution < 1.29 is 4.80 Å². The molecule has 1 nitrogen and oxygen atoms in total. The normalized spacial score (nSPS) is 12.7. The van der Waals surface area contributed by atoms with Gasteiger partial charge in [0.25, 0.3) is 8.32 Å². The summed E-state index contributed by atoms with van der Waals surface area (Å²) in [5.41, 5.74) is 0. The SMILES string of the molecule is CC(C)CC(C)(C)[Si](O)(c1ccccc1)c1ccccc1. The molecule has 0 aliphatic rings. The van der Waals surface area contributed by atoms with Crippen molar-refractivity contribution in [2.75, 3.05) is 0 Å². The first kappa shape index (κ1) is 16.0. The van der Waals surface area contributed by atoms with Crippen LogP contribution >= 0.6 is 0 Å². The van der Waals surface area contributed by atoms with Gasteiger partial charge in [0.15, 0.2) is 0 Å². The minimum atomic E-state index is -2.79. The first-order chi connectivity index (χ1) is 9.88. The molecule has 21 heavy (non-hydrogen) atoms. The molecule has 0 heterocycles. The quantitative estimate of drug-likeness (QED) is 0.837. The Kier molecular flexibility index (Phi) is 4.69. The predicted octanol–water partition coefficient (Wildman–Crippen LogP) is 3.56. The smallest absolute Gasteiger partial charge is 0.258 e. The van der Waals surface area contributed by atoms with Crippen molar-refractivity contribution in [1.82, 2.24) is 0 Å². The monoisotopic (exact) mass is 298 g/mol. The van der Waals surface area contributed by atoms with Gasteiger partial charge in [0.05, 0.1) is 0 Å². The number of benzene rings is 2. The fraction of sp³-hybridized carbons (Fsp3) is 0.368. The molecule has 2 heteroatoms. The highest BCUT2D eigenvalue weighted by Gasteiger charge is 2.49. The molecule has 0 unspecified atom stereocenters. The van der Waals surface area contributed by atoms with E-state index in [0.29, 0.717) is 5.92 Å². The Labute approximate surface area is 129 Å². The van der Waals surface area contributed by atoms with E-state index < -0.39 is 8.32 Å². The van der Waals surface area contributed by atoms with Gasteiger partial charge in [-0.1, -0.05) is 88.4 Å². The summed E-state index contributed by atoms with van der Waals surface area (Å²) in [5, 5.41) is 2.08. The van der Waals surface area contributed by atoms with Crippen LogP contribution in [-0.4, -0.2) is 13.1 Å². The lowest BCUT2D eigenvalue weighted by molar-refractivity contribution is 0.416. The molecule has 0 saturated carbocycles. The Bertz CT molecular complexity index is 521. The van der Waals surface area contributed by atoms with E-state index in [9.17, 15) is 4.80 Å². The molecule has 0 saturated heterocycles. The lowest BCUT2D eigenvalue weighted by Gasteiger charge is -2.42. The summed E-state index contributed by atoms with van der Waals surface area (Å²) in [7, 11) is -2.79. The Hall–Kier alpha value is -1.38. The molecule has 1 N–H and O–H groups in total. The van der Waals surface area contributed by atoms with E-state index in [1.54, 1.807) is 0 Å². The molecule has 0 fully saturated rings. The lowest BCUT2D eigenvalue weighted by Crippen LogP contribution is -2.65. The minimum absolute atomic E-state index is 0.121. The van der Waals surface area contributed by atoms with Crippen molar-refractivity contribution in [3.63, 3.8) is 0 Å². The van der Waals surface area contributed by atoms with Gasteiger partial charge >= 0.3 is 0 Å². The van der Waals surface area contributed by atoms with Gasteiger partial charge in [0, 0.05) is 0 Å². The van der Waals surface area contributed by atoms with Gasteiger partial charge < -0.3 is 4.80 Å². The van der Waals surface area contributed by atoms with Crippen molar-refractivity contribution in [1.29, 1.82) is 0 Å². The van der Waals surface area contributed by atoms with Crippen molar-refractivity contribution in [3.8, 4) is 0 Å². The van der Waals surface area contributed by atoms with Crippen LogP contribution in [0, 0.1) is 5.92 Å². The number of rotatable bonds is 5. The molecule has 0 atom stereocenters. The van der Waals surface area contributed by atoms with Gasteiger partial charge in [-0.25, -0.2) is 0 Å². The molecule has 0 aliphatic carbocycles. The van der Waals surface area contributed by atoms with Crippen molar-refractivity contribution in [3.05, 3.63) is 60.7 Å². The third kappa shape index (κ3) is 3.12. The Balaban J connectivity index is 2.60. The summed E-state index contributed by atoms with van der Waals surface area (Å²) in [6.45, 7) is 8.90. The van der Waals surface area contributed by atoms with Crippen LogP contribution in [0.1, 0.15) is 34.1 Å². The van der Waals surface area contributed by atoms with E-state index in [-0.39, 0.29) is 5.04 Å². The standard InChI is InChI=1S/C19H26OSi/c1-16(2)15-19(3,4)21(20,17-11-7-5-8-12-17)18-13-9-6-10-14-18/h5-14,16,20H,15H2,1-4H3. The van der Waals surface area contributed by atoms with Gasteiger partial charge in [0.2, 0.25) is 0 Å². The average molecular weight is 299 g/mol. The fourth-order valence-corrected chi connectivity index (χ4v) is 7.42. The van der Waals surface area contributed by atoms with E-state index in [1.165, 1.54) is 0 Å². The van der Waals surface area contributed by atoms with Crippen LogP contribution in [0.2, 0.25) is 5.04 Å². The molecule has 0 bridgehead atoms. The molecule has 0 amide bonds. The molecule has 0 aliphatic heterocycles. The zero-order valence-electron chi connectivity index (χ0n) is 13.5. The van der Waals surface area contributed by atoms with Crippen molar-refractivity contribution in [2.24, 2.45) is 5.92 Å². The first-order valence-corrected chi connectivity index (χ1v) is 9.66. The summed E-state index contributed by atoms with van der Waals surface area (Å²) in [6.07, 6.45) is 1.01. The summed E-state index contributed by atoms with van der Waals surface area (Å²) in [4.78, 5) is 11.9. The Morgan fingerprint density at radius 1 is 0.857 bits per heavy atom. The summed E-state index contributed by atoms with van der Waals surface area (Å²) in [6, 6.07) is 20.5. The van der Waals surface area contributed by atoms with Crippen LogP contribution in [0.3, 0.4) is 0 Å². The minimum Gasteiger partial charge on any atom is -0.424 e. The molecular weight excluding hydrogens is 272 g/mol.